The predicted molar refractivity (Wildman–Crippen MR) is 79.8 cm³/mol. The standard InChI is InChI=1S/C14H22N2O4S/c1-16-7-3-4-12(16)9-15-21(18,19)14-8-11(10-17)5-6-13(14)20-2/h5-6,8,12,15,17H,3-4,7,9-10H2,1-2H3. The highest BCUT2D eigenvalue weighted by Gasteiger charge is 2.25. The van der Waals surface area contributed by atoms with Gasteiger partial charge in [-0.05, 0) is 44.1 Å². The first kappa shape index (κ1) is 16.2. The fourth-order valence-corrected chi connectivity index (χ4v) is 3.84. The summed E-state index contributed by atoms with van der Waals surface area (Å²) in [6, 6.07) is 4.87. The number of aliphatic hydroxyl groups excluding tert-OH is 1. The third-order valence-electron chi connectivity index (χ3n) is 3.88. The Hall–Kier alpha value is -1.15. The zero-order chi connectivity index (χ0) is 15.5. The number of rotatable bonds is 6. The number of ether oxygens (including phenoxy) is 1. The quantitative estimate of drug-likeness (QED) is 0.802. The molecule has 0 spiro atoms. The maximum atomic E-state index is 12.5. The van der Waals surface area contributed by atoms with Gasteiger partial charge in [0.25, 0.3) is 0 Å². The summed E-state index contributed by atoms with van der Waals surface area (Å²) >= 11 is 0. The summed E-state index contributed by atoms with van der Waals surface area (Å²) in [4.78, 5) is 2.22. The Labute approximate surface area is 125 Å². The molecular weight excluding hydrogens is 292 g/mol. The normalized spacial score (nSPS) is 19.9. The van der Waals surface area contributed by atoms with Crippen molar-refractivity contribution in [1.29, 1.82) is 0 Å². The molecule has 7 heteroatoms. The number of hydrogen-bond acceptors (Lipinski definition) is 5. The Morgan fingerprint density at radius 2 is 2.24 bits per heavy atom. The summed E-state index contributed by atoms with van der Waals surface area (Å²) < 4.78 is 32.7. The molecule has 1 saturated heterocycles. The van der Waals surface area contributed by atoms with Gasteiger partial charge < -0.3 is 14.7 Å². The van der Waals surface area contributed by atoms with Crippen LogP contribution in [-0.4, -0.2) is 51.7 Å². The Morgan fingerprint density at radius 1 is 1.48 bits per heavy atom. The van der Waals surface area contributed by atoms with Crippen molar-refractivity contribution in [3.8, 4) is 5.75 Å². The molecule has 1 atom stereocenters. The lowest BCUT2D eigenvalue weighted by molar-refractivity contribution is 0.281. The van der Waals surface area contributed by atoms with Gasteiger partial charge in [0, 0.05) is 12.6 Å². The molecule has 1 heterocycles. The van der Waals surface area contributed by atoms with E-state index in [1.54, 1.807) is 12.1 Å². The fourth-order valence-electron chi connectivity index (χ4n) is 2.55. The second-order valence-corrected chi connectivity index (χ2v) is 7.01. The minimum Gasteiger partial charge on any atom is -0.495 e. The number of methoxy groups -OCH3 is 1. The smallest absolute Gasteiger partial charge is 0.244 e. The van der Waals surface area contributed by atoms with Crippen molar-refractivity contribution < 1.29 is 18.3 Å². The van der Waals surface area contributed by atoms with Crippen LogP contribution in [0.2, 0.25) is 0 Å². The van der Waals surface area contributed by atoms with Crippen LogP contribution in [-0.2, 0) is 16.6 Å². The SMILES string of the molecule is COc1ccc(CO)cc1S(=O)(=O)NCC1CCCN1C. The van der Waals surface area contributed by atoms with E-state index in [2.05, 4.69) is 9.62 Å². The molecule has 1 aliphatic heterocycles. The van der Waals surface area contributed by atoms with E-state index in [4.69, 9.17) is 9.84 Å². The number of likely N-dealkylation sites (N-methyl/N-ethyl adjacent to an activating group) is 1. The lowest BCUT2D eigenvalue weighted by Gasteiger charge is -2.20. The Kier molecular flexibility index (Phi) is 5.21. The number of benzene rings is 1. The van der Waals surface area contributed by atoms with Crippen molar-refractivity contribution in [1.82, 2.24) is 9.62 Å². The first-order chi connectivity index (χ1) is 9.97. The van der Waals surface area contributed by atoms with Gasteiger partial charge in [-0.1, -0.05) is 6.07 Å². The molecule has 0 bridgehead atoms. The summed E-state index contributed by atoms with van der Waals surface area (Å²) in [6.45, 7) is 1.17. The lowest BCUT2D eigenvalue weighted by atomic mass is 10.2. The monoisotopic (exact) mass is 314 g/mol. The Morgan fingerprint density at radius 3 is 2.81 bits per heavy atom. The van der Waals surface area contributed by atoms with Crippen LogP contribution in [0.25, 0.3) is 0 Å². The summed E-state index contributed by atoms with van der Waals surface area (Å²) in [6.07, 6.45) is 2.08. The van der Waals surface area contributed by atoms with E-state index in [1.165, 1.54) is 13.2 Å². The minimum atomic E-state index is -3.66. The van der Waals surface area contributed by atoms with Crippen LogP contribution in [0.4, 0.5) is 0 Å². The highest BCUT2D eigenvalue weighted by Crippen LogP contribution is 2.25. The second-order valence-electron chi connectivity index (χ2n) is 5.27. The van der Waals surface area contributed by atoms with E-state index >= 15 is 0 Å². The summed E-state index contributed by atoms with van der Waals surface area (Å²) in [5, 5.41) is 9.17. The van der Waals surface area contributed by atoms with Crippen molar-refractivity contribution in [3.05, 3.63) is 23.8 Å². The zero-order valence-corrected chi connectivity index (χ0v) is 13.2. The van der Waals surface area contributed by atoms with E-state index in [0.717, 1.165) is 19.4 Å². The van der Waals surface area contributed by atoms with Crippen molar-refractivity contribution in [2.75, 3.05) is 27.2 Å². The molecule has 6 nitrogen and oxygen atoms in total. The van der Waals surface area contributed by atoms with E-state index in [9.17, 15) is 8.42 Å². The number of nitrogens with one attached hydrogen (secondary N) is 1. The zero-order valence-electron chi connectivity index (χ0n) is 12.4. The van der Waals surface area contributed by atoms with Gasteiger partial charge in [0.1, 0.15) is 10.6 Å². The van der Waals surface area contributed by atoms with Gasteiger partial charge >= 0.3 is 0 Å². The Balaban J connectivity index is 2.18. The molecule has 1 fully saturated rings. The molecule has 1 aliphatic rings. The van der Waals surface area contributed by atoms with Crippen LogP contribution < -0.4 is 9.46 Å². The highest BCUT2D eigenvalue weighted by atomic mass is 32.2. The molecular formula is C14H22N2O4S. The molecule has 2 N–H and O–H groups in total. The average molecular weight is 314 g/mol. The number of sulfonamides is 1. The van der Waals surface area contributed by atoms with Crippen LogP contribution >= 0.6 is 0 Å². The second kappa shape index (κ2) is 6.74. The summed E-state index contributed by atoms with van der Waals surface area (Å²) in [5.41, 5.74) is 0.536. The fraction of sp³-hybridized carbons (Fsp3) is 0.571. The number of aliphatic hydroxyl groups is 1. The van der Waals surface area contributed by atoms with Crippen molar-refractivity contribution in [2.24, 2.45) is 0 Å². The third-order valence-corrected chi connectivity index (χ3v) is 5.33. The van der Waals surface area contributed by atoms with Gasteiger partial charge in [-0.3, -0.25) is 0 Å². The van der Waals surface area contributed by atoms with E-state index in [1.807, 2.05) is 7.05 Å². The van der Waals surface area contributed by atoms with Crippen molar-refractivity contribution >= 4 is 10.0 Å². The third kappa shape index (κ3) is 3.74. The maximum absolute atomic E-state index is 12.5. The van der Waals surface area contributed by atoms with E-state index in [-0.39, 0.29) is 23.3 Å². The molecule has 1 aromatic carbocycles. The first-order valence-corrected chi connectivity index (χ1v) is 8.44. The van der Waals surface area contributed by atoms with Crippen LogP contribution in [0.3, 0.4) is 0 Å². The maximum Gasteiger partial charge on any atom is 0.244 e. The first-order valence-electron chi connectivity index (χ1n) is 6.95. The minimum absolute atomic E-state index is 0.0669. The van der Waals surface area contributed by atoms with Crippen molar-refractivity contribution in [2.45, 2.75) is 30.4 Å². The summed E-state index contributed by atoms with van der Waals surface area (Å²) in [7, 11) is -0.232. The van der Waals surface area contributed by atoms with Gasteiger partial charge in [0.2, 0.25) is 10.0 Å². The lowest BCUT2D eigenvalue weighted by Crippen LogP contribution is -2.38. The molecule has 21 heavy (non-hydrogen) atoms. The number of likely N-dealkylation sites (tertiary alicyclic amines) is 1. The van der Waals surface area contributed by atoms with Gasteiger partial charge in [-0.25, -0.2) is 13.1 Å². The van der Waals surface area contributed by atoms with Crippen LogP contribution in [0.15, 0.2) is 23.1 Å². The molecule has 118 valence electrons. The van der Waals surface area contributed by atoms with Gasteiger partial charge in [-0.15, -0.1) is 0 Å². The molecule has 0 radical (unpaired) electrons. The Bertz CT molecular complexity index is 589. The molecule has 0 aliphatic carbocycles. The number of hydrogen-bond donors (Lipinski definition) is 2. The molecule has 1 unspecified atom stereocenters. The van der Waals surface area contributed by atoms with Gasteiger partial charge in [0.05, 0.1) is 13.7 Å². The van der Waals surface area contributed by atoms with E-state index in [0.29, 0.717) is 12.1 Å². The average Bonchev–Trinajstić information content (AvgIpc) is 2.90. The number of nitrogens with zero attached hydrogens (tertiary/aromatic N) is 1. The molecule has 0 amide bonds. The predicted octanol–water partition coefficient (Wildman–Crippen LogP) is 0.560. The molecule has 0 saturated carbocycles. The topological polar surface area (TPSA) is 78.9 Å². The van der Waals surface area contributed by atoms with Crippen LogP contribution in [0, 0.1) is 0 Å². The highest BCUT2D eigenvalue weighted by molar-refractivity contribution is 7.89. The van der Waals surface area contributed by atoms with Gasteiger partial charge in [0.15, 0.2) is 0 Å². The van der Waals surface area contributed by atoms with E-state index < -0.39 is 10.0 Å². The summed E-state index contributed by atoms with van der Waals surface area (Å²) in [5.74, 6) is 0.277. The van der Waals surface area contributed by atoms with Crippen LogP contribution in [0.1, 0.15) is 18.4 Å². The van der Waals surface area contributed by atoms with Gasteiger partial charge in [-0.2, -0.15) is 0 Å². The van der Waals surface area contributed by atoms with Crippen LogP contribution in [0.5, 0.6) is 5.75 Å². The molecule has 1 aromatic rings. The van der Waals surface area contributed by atoms with Crippen molar-refractivity contribution in [3.63, 3.8) is 0 Å². The molecule has 2 rings (SSSR count). The largest absolute Gasteiger partial charge is 0.495 e. The molecule has 0 aromatic heterocycles.